The van der Waals surface area contributed by atoms with Gasteiger partial charge in [0.05, 0.1) is 5.54 Å². The fourth-order valence-corrected chi connectivity index (χ4v) is 5.10. The standard InChI is InChI=1S/C28H30FNO/c1-6-28(30(4)5,18-19-10-8-7-9-11-19)26(31)20-12-14-22-23-15-13-21(29)17-25(23)27(2,3)24(22)16-20/h7-17H,6,18H2,1-5H3. The van der Waals surface area contributed by atoms with E-state index >= 15 is 0 Å². The highest BCUT2D eigenvalue weighted by Crippen LogP contribution is 2.49. The second-order valence-corrected chi connectivity index (χ2v) is 9.35. The van der Waals surface area contributed by atoms with Crippen molar-refractivity contribution in [2.45, 2.75) is 44.6 Å². The first-order chi connectivity index (χ1) is 14.7. The minimum atomic E-state index is -0.628. The third kappa shape index (κ3) is 3.41. The van der Waals surface area contributed by atoms with Crippen molar-refractivity contribution in [1.82, 2.24) is 4.90 Å². The van der Waals surface area contributed by atoms with E-state index in [-0.39, 0.29) is 17.0 Å². The van der Waals surface area contributed by atoms with Crippen LogP contribution in [0.1, 0.15) is 54.2 Å². The van der Waals surface area contributed by atoms with Gasteiger partial charge in [0.1, 0.15) is 5.82 Å². The monoisotopic (exact) mass is 415 g/mol. The summed E-state index contributed by atoms with van der Waals surface area (Å²) in [7, 11) is 3.97. The van der Waals surface area contributed by atoms with Crippen molar-refractivity contribution in [1.29, 1.82) is 0 Å². The zero-order chi connectivity index (χ0) is 22.4. The van der Waals surface area contributed by atoms with E-state index in [1.54, 1.807) is 6.07 Å². The molecule has 0 saturated heterocycles. The quantitative estimate of drug-likeness (QED) is 0.442. The third-order valence-corrected chi connectivity index (χ3v) is 7.10. The van der Waals surface area contributed by atoms with E-state index in [1.165, 1.54) is 6.07 Å². The van der Waals surface area contributed by atoms with Crippen molar-refractivity contribution >= 4 is 5.78 Å². The Balaban J connectivity index is 1.79. The molecule has 160 valence electrons. The number of nitrogens with zero attached hydrogens (tertiary/aromatic N) is 1. The van der Waals surface area contributed by atoms with Gasteiger partial charge in [-0.05, 0) is 73.0 Å². The smallest absolute Gasteiger partial charge is 0.183 e. The number of rotatable bonds is 6. The summed E-state index contributed by atoms with van der Waals surface area (Å²) in [5.41, 5.74) is 5.09. The first kappa shape index (κ1) is 21.5. The molecule has 1 aliphatic carbocycles. The summed E-state index contributed by atoms with van der Waals surface area (Å²) in [4.78, 5) is 16.0. The molecule has 0 bridgehead atoms. The second kappa shape index (κ2) is 7.72. The fourth-order valence-electron chi connectivity index (χ4n) is 5.10. The maximum absolute atomic E-state index is 14.0. The zero-order valence-electron chi connectivity index (χ0n) is 19.0. The van der Waals surface area contributed by atoms with Crippen LogP contribution in [-0.4, -0.2) is 30.3 Å². The number of Topliss-reactive ketones (excluding diaryl/α,β-unsaturated/α-hetero) is 1. The molecule has 3 aromatic rings. The Bertz CT molecular complexity index is 1130. The van der Waals surface area contributed by atoms with Gasteiger partial charge in [0.15, 0.2) is 5.78 Å². The van der Waals surface area contributed by atoms with Crippen molar-refractivity contribution in [3.05, 3.63) is 94.8 Å². The van der Waals surface area contributed by atoms with Crippen LogP contribution in [0.25, 0.3) is 11.1 Å². The SMILES string of the molecule is CCC(Cc1ccccc1)(C(=O)c1ccc2c(c1)C(C)(C)c1cc(F)ccc1-2)N(C)C. The van der Waals surface area contributed by atoms with Crippen LogP contribution in [0, 0.1) is 5.82 Å². The van der Waals surface area contributed by atoms with Crippen LogP contribution in [-0.2, 0) is 11.8 Å². The predicted molar refractivity (Wildman–Crippen MR) is 125 cm³/mol. The van der Waals surface area contributed by atoms with Crippen molar-refractivity contribution in [2.75, 3.05) is 14.1 Å². The van der Waals surface area contributed by atoms with E-state index < -0.39 is 5.54 Å². The summed E-state index contributed by atoms with van der Waals surface area (Å²) in [6.45, 7) is 6.29. The molecule has 1 unspecified atom stereocenters. The van der Waals surface area contributed by atoms with Gasteiger partial charge in [0, 0.05) is 11.0 Å². The van der Waals surface area contributed by atoms with Gasteiger partial charge in [-0.1, -0.05) is 69.3 Å². The summed E-state index contributed by atoms with van der Waals surface area (Å²) < 4.78 is 14.0. The van der Waals surface area contributed by atoms with Gasteiger partial charge in [-0.3, -0.25) is 9.69 Å². The summed E-state index contributed by atoms with van der Waals surface area (Å²) in [5.74, 6) is -0.0963. The number of hydrogen-bond donors (Lipinski definition) is 0. The van der Waals surface area contributed by atoms with Crippen molar-refractivity contribution < 1.29 is 9.18 Å². The summed E-state index contributed by atoms with van der Waals surface area (Å²) >= 11 is 0. The maximum atomic E-state index is 14.0. The number of benzene rings is 3. The number of halogens is 1. The van der Waals surface area contributed by atoms with Crippen LogP contribution in [0.3, 0.4) is 0 Å². The molecule has 0 heterocycles. The summed E-state index contributed by atoms with van der Waals surface area (Å²) in [6, 6.07) is 21.2. The van der Waals surface area contributed by atoms with Crippen LogP contribution in [0.2, 0.25) is 0 Å². The topological polar surface area (TPSA) is 20.3 Å². The van der Waals surface area contributed by atoms with E-state index in [0.717, 1.165) is 27.8 Å². The van der Waals surface area contributed by atoms with Crippen molar-refractivity contribution in [3.8, 4) is 11.1 Å². The molecule has 0 saturated carbocycles. The Hall–Kier alpha value is -2.78. The molecule has 0 amide bonds. The molecule has 0 radical (unpaired) electrons. The Labute approximate surface area is 184 Å². The van der Waals surface area contributed by atoms with Gasteiger partial charge < -0.3 is 0 Å². The van der Waals surface area contributed by atoms with E-state index in [1.807, 2.05) is 56.6 Å². The maximum Gasteiger partial charge on any atom is 0.183 e. The van der Waals surface area contributed by atoms with E-state index in [2.05, 4.69) is 37.8 Å². The highest BCUT2D eigenvalue weighted by Gasteiger charge is 2.41. The minimum Gasteiger partial charge on any atom is -0.297 e. The fraction of sp³-hybridized carbons (Fsp3) is 0.321. The molecule has 1 aliphatic rings. The summed E-state index contributed by atoms with van der Waals surface area (Å²) in [6.07, 6.45) is 1.36. The Kier molecular flexibility index (Phi) is 5.35. The van der Waals surface area contributed by atoms with Gasteiger partial charge in [-0.15, -0.1) is 0 Å². The second-order valence-electron chi connectivity index (χ2n) is 9.35. The Morgan fingerprint density at radius 2 is 1.55 bits per heavy atom. The molecule has 0 fully saturated rings. The predicted octanol–water partition coefficient (Wildman–Crippen LogP) is 6.27. The first-order valence-corrected chi connectivity index (χ1v) is 10.9. The normalized spacial score (nSPS) is 16.0. The first-order valence-electron chi connectivity index (χ1n) is 10.9. The molecule has 2 nitrogen and oxygen atoms in total. The number of likely N-dealkylation sites (N-methyl/N-ethyl adjacent to an activating group) is 1. The van der Waals surface area contributed by atoms with Crippen LogP contribution >= 0.6 is 0 Å². The Morgan fingerprint density at radius 1 is 0.935 bits per heavy atom. The van der Waals surface area contributed by atoms with Gasteiger partial charge in [-0.25, -0.2) is 4.39 Å². The minimum absolute atomic E-state index is 0.129. The molecule has 0 N–H and O–H groups in total. The van der Waals surface area contributed by atoms with E-state index in [9.17, 15) is 9.18 Å². The summed E-state index contributed by atoms with van der Waals surface area (Å²) in [5, 5.41) is 0. The van der Waals surface area contributed by atoms with Gasteiger partial charge >= 0.3 is 0 Å². The van der Waals surface area contributed by atoms with Crippen molar-refractivity contribution in [2.24, 2.45) is 0 Å². The van der Waals surface area contributed by atoms with E-state index in [4.69, 9.17) is 0 Å². The van der Waals surface area contributed by atoms with Crippen molar-refractivity contribution in [3.63, 3.8) is 0 Å². The molecule has 3 aromatic carbocycles. The molecule has 3 heteroatoms. The Morgan fingerprint density at radius 3 is 2.16 bits per heavy atom. The molecule has 1 atom stereocenters. The average Bonchev–Trinajstić information content (AvgIpc) is 2.98. The lowest BCUT2D eigenvalue weighted by atomic mass is 9.78. The molecule has 0 spiro atoms. The molecular weight excluding hydrogens is 385 g/mol. The molecular formula is C28H30FNO. The van der Waals surface area contributed by atoms with Crippen LogP contribution in [0.5, 0.6) is 0 Å². The lowest BCUT2D eigenvalue weighted by molar-refractivity contribution is 0.0666. The van der Waals surface area contributed by atoms with Gasteiger partial charge in [-0.2, -0.15) is 0 Å². The van der Waals surface area contributed by atoms with Crippen LogP contribution in [0.15, 0.2) is 66.7 Å². The number of fused-ring (bicyclic) bond motifs is 3. The van der Waals surface area contributed by atoms with Gasteiger partial charge in [0.25, 0.3) is 0 Å². The molecule has 0 aromatic heterocycles. The third-order valence-electron chi connectivity index (χ3n) is 7.10. The van der Waals surface area contributed by atoms with Crippen LogP contribution in [0.4, 0.5) is 4.39 Å². The molecule has 31 heavy (non-hydrogen) atoms. The van der Waals surface area contributed by atoms with Gasteiger partial charge in [0.2, 0.25) is 0 Å². The number of hydrogen-bond acceptors (Lipinski definition) is 2. The lowest BCUT2D eigenvalue weighted by Crippen LogP contribution is -2.52. The lowest BCUT2D eigenvalue weighted by Gasteiger charge is -2.38. The van der Waals surface area contributed by atoms with Crippen LogP contribution < -0.4 is 0 Å². The number of carbonyl (C=O) groups is 1. The zero-order valence-corrected chi connectivity index (χ0v) is 19.0. The highest BCUT2D eigenvalue weighted by atomic mass is 19.1. The number of ketones is 1. The highest BCUT2D eigenvalue weighted by molar-refractivity contribution is 6.04. The largest absolute Gasteiger partial charge is 0.297 e. The molecule has 0 aliphatic heterocycles. The molecule has 4 rings (SSSR count). The van der Waals surface area contributed by atoms with E-state index in [0.29, 0.717) is 18.4 Å². The average molecular weight is 416 g/mol. The number of carbonyl (C=O) groups excluding carboxylic acids is 1.